The van der Waals surface area contributed by atoms with Crippen molar-refractivity contribution in [1.29, 1.82) is 0 Å². The summed E-state index contributed by atoms with van der Waals surface area (Å²) < 4.78 is 3.24. The Morgan fingerprint density at radius 1 is 1.08 bits per heavy atom. The molecule has 0 aliphatic carbocycles. The molecule has 0 spiro atoms. The number of rotatable bonds is 4. The predicted octanol–water partition coefficient (Wildman–Crippen LogP) is 3.08. The van der Waals surface area contributed by atoms with E-state index < -0.39 is 0 Å². The summed E-state index contributed by atoms with van der Waals surface area (Å²) in [5, 5.41) is 3.51. The lowest BCUT2D eigenvalue weighted by atomic mass is 10.2. The molecule has 124 valence electrons. The summed E-state index contributed by atoms with van der Waals surface area (Å²) in [5.41, 5.74) is 2.02. The van der Waals surface area contributed by atoms with Crippen molar-refractivity contribution in [2.45, 2.75) is 6.54 Å². The van der Waals surface area contributed by atoms with E-state index in [4.69, 9.17) is 23.2 Å². The number of carbonyl (C=O) groups is 1. The minimum Gasteiger partial charge on any atom is -0.350 e. The lowest BCUT2D eigenvalue weighted by Gasteiger charge is -2.07. The van der Waals surface area contributed by atoms with Gasteiger partial charge in [-0.15, -0.1) is 0 Å². The van der Waals surface area contributed by atoms with E-state index in [1.54, 1.807) is 28.3 Å². The molecular formula is C17H15Cl2N3O2. The highest BCUT2D eigenvalue weighted by molar-refractivity contribution is 6.42. The van der Waals surface area contributed by atoms with Crippen LogP contribution in [0.2, 0.25) is 10.0 Å². The number of imidazole rings is 1. The highest BCUT2D eigenvalue weighted by Gasteiger charge is 2.11. The van der Waals surface area contributed by atoms with Crippen LogP contribution in [0.5, 0.6) is 0 Å². The quantitative estimate of drug-likeness (QED) is 0.774. The third-order valence-electron chi connectivity index (χ3n) is 3.85. The number of hydrogen-bond donors (Lipinski definition) is 1. The van der Waals surface area contributed by atoms with Crippen molar-refractivity contribution >= 4 is 40.1 Å². The van der Waals surface area contributed by atoms with Crippen LogP contribution in [-0.4, -0.2) is 21.6 Å². The molecule has 0 radical (unpaired) electrons. The molecule has 0 bridgehead atoms. The van der Waals surface area contributed by atoms with E-state index in [0.29, 0.717) is 28.7 Å². The van der Waals surface area contributed by atoms with Gasteiger partial charge in [0.05, 0.1) is 21.1 Å². The van der Waals surface area contributed by atoms with Crippen molar-refractivity contribution < 1.29 is 4.79 Å². The number of nitrogens with one attached hydrogen (secondary N) is 1. The Morgan fingerprint density at radius 2 is 1.79 bits per heavy atom. The fraction of sp³-hybridized carbons (Fsp3) is 0.176. The molecule has 0 fully saturated rings. The first-order valence-corrected chi connectivity index (χ1v) is 8.12. The molecule has 1 heterocycles. The first-order chi connectivity index (χ1) is 11.5. The van der Waals surface area contributed by atoms with Crippen molar-refractivity contribution in [2.24, 2.45) is 7.05 Å². The Bertz CT molecular complexity index is 976. The fourth-order valence-corrected chi connectivity index (χ4v) is 2.90. The van der Waals surface area contributed by atoms with Gasteiger partial charge >= 0.3 is 5.69 Å². The summed E-state index contributed by atoms with van der Waals surface area (Å²) >= 11 is 11.8. The summed E-state index contributed by atoms with van der Waals surface area (Å²) in [6.45, 7) is 0.709. The smallest absolute Gasteiger partial charge is 0.328 e. The molecule has 1 N–H and O–H groups in total. The standard InChI is InChI=1S/C17H15Cl2N3O2/c1-21-14-4-2-3-5-15(14)22(17(21)24)9-8-20-16(23)11-6-7-12(18)13(19)10-11/h2-7,10H,8-9H2,1H3,(H,20,23). The van der Waals surface area contributed by atoms with E-state index in [1.165, 1.54) is 6.07 Å². The molecule has 24 heavy (non-hydrogen) atoms. The second kappa shape index (κ2) is 6.71. The molecule has 3 aromatic rings. The Kier molecular flexibility index (Phi) is 4.64. The van der Waals surface area contributed by atoms with Crippen molar-refractivity contribution in [3.8, 4) is 0 Å². The largest absolute Gasteiger partial charge is 0.350 e. The van der Waals surface area contributed by atoms with Gasteiger partial charge in [0.1, 0.15) is 0 Å². The summed E-state index contributed by atoms with van der Waals surface area (Å²) in [7, 11) is 1.73. The van der Waals surface area contributed by atoms with Gasteiger partial charge in [0.25, 0.3) is 5.91 Å². The maximum Gasteiger partial charge on any atom is 0.328 e. The third-order valence-corrected chi connectivity index (χ3v) is 4.59. The van der Waals surface area contributed by atoms with Gasteiger partial charge in [-0.3, -0.25) is 13.9 Å². The average Bonchev–Trinajstić information content (AvgIpc) is 2.82. The van der Waals surface area contributed by atoms with Gasteiger partial charge in [-0.25, -0.2) is 4.79 Å². The van der Waals surface area contributed by atoms with Crippen LogP contribution in [-0.2, 0) is 13.6 Å². The van der Waals surface area contributed by atoms with Crippen LogP contribution in [0.15, 0.2) is 47.3 Å². The van der Waals surface area contributed by atoms with Crippen LogP contribution in [0.1, 0.15) is 10.4 Å². The van der Waals surface area contributed by atoms with E-state index in [-0.39, 0.29) is 11.6 Å². The number of carbonyl (C=O) groups excluding carboxylic acids is 1. The molecular weight excluding hydrogens is 349 g/mol. The normalized spacial score (nSPS) is 11.0. The summed E-state index contributed by atoms with van der Waals surface area (Å²) in [4.78, 5) is 24.4. The predicted molar refractivity (Wildman–Crippen MR) is 96.0 cm³/mol. The highest BCUT2D eigenvalue weighted by atomic mass is 35.5. The summed E-state index contributed by atoms with van der Waals surface area (Å²) in [5.74, 6) is -0.262. The molecule has 5 nitrogen and oxygen atoms in total. The number of benzene rings is 2. The third kappa shape index (κ3) is 3.05. The number of nitrogens with zero attached hydrogens (tertiary/aromatic N) is 2. The van der Waals surface area contributed by atoms with Crippen molar-refractivity contribution in [1.82, 2.24) is 14.5 Å². The Labute approximate surface area is 148 Å². The topological polar surface area (TPSA) is 56.0 Å². The zero-order valence-corrected chi connectivity index (χ0v) is 14.4. The zero-order valence-electron chi connectivity index (χ0n) is 12.9. The van der Waals surface area contributed by atoms with Crippen molar-refractivity contribution in [2.75, 3.05) is 6.54 Å². The van der Waals surface area contributed by atoms with Crippen LogP contribution in [0, 0.1) is 0 Å². The molecule has 0 saturated heterocycles. The monoisotopic (exact) mass is 363 g/mol. The lowest BCUT2D eigenvalue weighted by Crippen LogP contribution is -2.31. The van der Waals surface area contributed by atoms with E-state index in [2.05, 4.69) is 5.32 Å². The van der Waals surface area contributed by atoms with Crippen LogP contribution >= 0.6 is 23.2 Å². The number of aryl methyl sites for hydroxylation is 1. The molecule has 0 unspecified atom stereocenters. The van der Waals surface area contributed by atoms with Crippen LogP contribution in [0.4, 0.5) is 0 Å². The second-order valence-corrected chi connectivity index (χ2v) is 6.18. The minimum absolute atomic E-state index is 0.111. The number of aromatic nitrogens is 2. The maximum atomic E-state index is 12.3. The zero-order chi connectivity index (χ0) is 17.3. The van der Waals surface area contributed by atoms with Crippen LogP contribution in [0.25, 0.3) is 11.0 Å². The second-order valence-electron chi connectivity index (χ2n) is 5.37. The molecule has 0 aliphatic rings. The highest BCUT2D eigenvalue weighted by Crippen LogP contribution is 2.22. The molecule has 7 heteroatoms. The van der Waals surface area contributed by atoms with Crippen LogP contribution < -0.4 is 11.0 Å². The van der Waals surface area contributed by atoms with E-state index in [9.17, 15) is 9.59 Å². The van der Waals surface area contributed by atoms with E-state index in [1.807, 2.05) is 24.3 Å². The molecule has 0 saturated carbocycles. The number of amides is 1. The van der Waals surface area contributed by atoms with Gasteiger partial charge in [-0.2, -0.15) is 0 Å². The Morgan fingerprint density at radius 3 is 2.50 bits per heavy atom. The average molecular weight is 364 g/mol. The molecule has 1 aromatic heterocycles. The number of halogens is 2. The summed E-state index contributed by atoms with van der Waals surface area (Å²) in [6, 6.07) is 12.2. The van der Waals surface area contributed by atoms with Gasteiger partial charge in [0.2, 0.25) is 0 Å². The van der Waals surface area contributed by atoms with Gasteiger partial charge in [-0.05, 0) is 30.3 Å². The van der Waals surface area contributed by atoms with Gasteiger partial charge in [0, 0.05) is 25.7 Å². The van der Waals surface area contributed by atoms with Gasteiger partial charge < -0.3 is 5.32 Å². The number of hydrogen-bond acceptors (Lipinski definition) is 2. The summed E-state index contributed by atoms with van der Waals surface area (Å²) in [6.07, 6.45) is 0. The maximum absolute atomic E-state index is 12.3. The molecule has 1 amide bonds. The minimum atomic E-state index is -0.262. The molecule has 0 atom stereocenters. The molecule has 3 rings (SSSR count). The molecule has 0 aliphatic heterocycles. The number of fused-ring (bicyclic) bond motifs is 1. The van der Waals surface area contributed by atoms with E-state index in [0.717, 1.165) is 11.0 Å². The van der Waals surface area contributed by atoms with Crippen molar-refractivity contribution in [3.05, 3.63) is 68.6 Å². The lowest BCUT2D eigenvalue weighted by molar-refractivity contribution is 0.0952. The van der Waals surface area contributed by atoms with E-state index >= 15 is 0 Å². The van der Waals surface area contributed by atoms with Crippen LogP contribution in [0.3, 0.4) is 0 Å². The Balaban J connectivity index is 1.73. The fourth-order valence-electron chi connectivity index (χ4n) is 2.60. The van der Waals surface area contributed by atoms with Gasteiger partial charge in [-0.1, -0.05) is 35.3 Å². The van der Waals surface area contributed by atoms with Gasteiger partial charge in [0.15, 0.2) is 0 Å². The Hall–Kier alpha value is -2.24. The first kappa shape index (κ1) is 16.6. The number of para-hydroxylation sites is 2. The SMILES string of the molecule is Cn1c(=O)n(CCNC(=O)c2ccc(Cl)c(Cl)c2)c2ccccc21. The molecule has 2 aromatic carbocycles. The first-order valence-electron chi connectivity index (χ1n) is 7.36. The van der Waals surface area contributed by atoms with Crippen molar-refractivity contribution in [3.63, 3.8) is 0 Å².